The zero-order chi connectivity index (χ0) is 22.0. The van der Waals surface area contributed by atoms with Crippen LogP contribution in [0.15, 0.2) is 36.2 Å². The van der Waals surface area contributed by atoms with Gasteiger partial charge in [0.25, 0.3) is 0 Å². The lowest BCUT2D eigenvalue weighted by Gasteiger charge is -2.35. The van der Waals surface area contributed by atoms with E-state index >= 15 is 0 Å². The fourth-order valence-corrected chi connectivity index (χ4v) is 4.01. The molecule has 0 aromatic carbocycles. The van der Waals surface area contributed by atoms with Gasteiger partial charge in [0, 0.05) is 38.1 Å². The molecule has 2 aliphatic rings. The smallest absolute Gasteiger partial charge is 0.335 e. The summed E-state index contributed by atoms with van der Waals surface area (Å²) in [6.45, 7) is 4.95. The first-order valence-corrected chi connectivity index (χ1v) is 10.0. The summed E-state index contributed by atoms with van der Waals surface area (Å²) in [4.78, 5) is 35.5. The molecule has 1 atom stereocenters. The molecule has 0 unspecified atom stereocenters. The second-order valence-corrected chi connectivity index (χ2v) is 7.66. The van der Waals surface area contributed by atoms with Gasteiger partial charge in [-0.3, -0.25) is 4.57 Å². The number of carboxylic acid groups (broad SMARTS) is 1. The molecule has 0 radical (unpaired) electrons. The first-order chi connectivity index (χ1) is 15.0. The summed E-state index contributed by atoms with van der Waals surface area (Å²) in [5.74, 6) is 1.07. The van der Waals surface area contributed by atoms with Gasteiger partial charge in [-0.15, -0.1) is 4.91 Å². The Kier molecular flexibility index (Phi) is 5.76. The third kappa shape index (κ3) is 4.04. The minimum absolute atomic E-state index is 0.213. The van der Waals surface area contributed by atoms with Gasteiger partial charge in [0.2, 0.25) is 0 Å². The van der Waals surface area contributed by atoms with Gasteiger partial charge >= 0.3 is 5.97 Å². The molecule has 0 amide bonds. The maximum Gasteiger partial charge on any atom is 0.335 e. The Balaban J connectivity index is 0.000000730. The van der Waals surface area contributed by atoms with Crippen molar-refractivity contribution in [3.8, 4) is 5.82 Å². The van der Waals surface area contributed by atoms with Crippen molar-refractivity contribution in [2.45, 2.75) is 31.7 Å². The van der Waals surface area contributed by atoms with Gasteiger partial charge in [-0.05, 0) is 43.4 Å². The molecule has 4 heterocycles. The molecular formula is C20H23N7O4. The molecule has 31 heavy (non-hydrogen) atoms. The van der Waals surface area contributed by atoms with Crippen LogP contribution in [0.25, 0.3) is 16.9 Å². The van der Waals surface area contributed by atoms with E-state index in [0.29, 0.717) is 17.8 Å². The van der Waals surface area contributed by atoms with Gasteiger partial charge in [-0.1, -0.05) is 0 Å². The van der Waals surface area contributed by atoms with Crippen LogP contribution in [-0.4, -0.2) is 61.5 Å². The lowest BCUT2D eigenvalue weighted by molar-refractivity contribution is 0.0696. The predicted molar refractivity (Wildman–Crippen MR) is 113 cm³/mol. The van der Waals surface area contributed by atoms with E-state index in [0.717, 1.165) is 49.3 Å². The Morgan fingerprint density at radius 2 is 2.06 bits per heavy atom. The molecule has 3 N–H and O–H groups in total. The van der Waals surface area contributed by atoms with Crippen molar-refractivity contribution >= 4 is 22.8 Å². The Hall–Kier alpha value is -3.60. The number of aromatic carboxylic acids is 1. The zero-order valence-electron chi connectivity index (χ0n) is 17.0. The average molecular weight is 425 g/mol. The largest absolute Gasteiger partial charge is 0.478 e. The van der Waals surface area contributed by atoms with Crippen molar-refractivity contribution in [1.82, 2.24) is 24.8 Å². The number of nitrogens with one attached hydrogen (secondary N) is 1. The first kappa shape index (κ1) is 20.7. The SMILES string of the molecule is C[C@H]1CNCCN1c1ncnc2c1c(C1CC1)cn2-c1cc(C(=O)O)ccn1.O=NO. The van der Waals surface area contributed by atoms with Crippen LogP contribution in [0.2, 0.25) is 0 Å². The summed E-state index contributed by atoms with van der Waals surface area (Å²) in [6.07, 6.45) is 7.52. The third-order valence-corrected chi connectivity index (χ3v) is 5.62. The number of anilines is 1. The van der Waals surface area contributed by atoms with Crippen molar-refractivity contribution in [1.29, 1.82) is 0 Å². The standard InChI is InChI=1S/C20H22N6O2.HNO2/c1-12-9-21-6-7-25(12)18-17-15(13-2-3-13)10-26(19(17)24-11-23-18)16-8-14(20(27)28)4-5-22-16;2-1-3/h4-5,8,10-13,21H,2-3,6-7,9H2,1H3,(H,27,28);(H,2,3)/t12-;/m0./s1. The summed E-state index contributed by atoms with van der Waals surface area (Å²) in [5, 5.41) is 21.7. The molecule has 0 bridgehead atoms. The topological polar surface area (TPSA) is 146 Å². The molecule has 1 saturated carbocycles. The number of aromatic nitrogens is 4. The van der Waals surface area contributed by atoms with Crippen LogP contribution in [-0.2, 0) is 0 Å². The van der Waals surface area contributed by atoms with Crippen molar-refractivity contribution in [3.63, 3.8) is 0 Å². The lowest BCUT2D eigenvalue weighted by atomic mass is 10.1. The maximum absolute atomic E-state index is 11.4. The van der Waals surface area contributed by atoms with E-state index in [-0.39, 0.29) is 5.56 Å². The van der Waals surface area contributed by atoms with Crippen LogP contribution in [0.4, 0.5) is 5.82 Å². The summed E-state index contributed by atoms with van der Waals surface area (Å²) in [6, 6.07) is 3.44. The fourth-order valence-electron chi connectivity index (χ4n) is 4.01. The fraction of sp³-hybridized carbons (Fsp3) is 0.400. The van der Waals surface area contributed by atoms with Crippen LogP contribution in [0.1, 0.15) is 41.6 Å². The van der Waals surface area contributed by atoms with E-state index in [1.54, 1.807) is 12.4 Å². The Labute approximate surface area is 177 Å². The average Bonchev–Trinajstić information content (AvgIpc) is 3.54. The van der Waals surface area contributed by atoms with Crippen molar-refractivity contribution in [2.75, 3.05) is 24.5 Å². The number of carbonyl (C=O) groups is 1. The van der Waals surface area contributed by atoms with Gasteiger partial charge in [-0.25, -0.2) is 19.7 Å². The molecule has 1 aliphatic heterocycles. The van der Waals surface area contributed by atoms with Crippen LogP contribution in [0.5, 0.6) is 0 Å². The maximum atomic E-state index is 11.4. The Morgan fingerprint density at radius 3 is 2.74 bits per heavy atom. The first-order valence-electron chi connectivity index (χ1n) is 10.0. The molecule has 3 aromatic heterocycles. The monoisotopic (exact) mass is 425 g/mol. The highest BCUT2D eigenvalue weighted by Gasteiger charge is 2.32. The Bertz CT molecular complexity index is 1110. The van der Waals surface area contributed by atoms with Gasteiger partial charge in [0.05, 0.1) is 10.9 Å². The number of carboxylic acids is 1. The van der Waals surface area contributed by atoms with Crippen LogP contribution in [0.3, 0.4) is 0 Å². The minimum Gasteiger partial charge on any atom is -0.478 e. The van der Waals surface area contributed by atoms with Gasteiger partial charge in [0.15, 0.2) is 11.0 Å². The highest BCUT2D eigenvalue weighted by atomic mass is 16.6. The highest BCUT2D eigenvalue weighted by Crippen LogP contribution is 2.46. The van der Waals surface area contributed by atoms with E-state index < -0.39 is 5.97 Å². The number of hydrogen-bond acceptors (Lipinski definition) is 8. The van der Waals surface area contributed by atoms with Gasteiger partial charge in [0.1, 0.15) is 18.0 Å². The van der Waals surface area contributed by atoms with E-state index in [4.69, 9.17) is 10.1 Å². The minimum atomic E-state index is -0.965. The quantitative estimate of drug-likeness (QED) is 0.423. The number of piperazine rings is 1. The predicted octanol–water partition coefficient (Wildman–Crippen LogP) is 2.33. The molecular weight excluding hydrogens is 402 g/mol. The highest BCUT2D eigenvalue weighted by molar-refractivity contribution is 5.94. The number of fused-ring (bicyclic) bond motifs is 1. The molecule has 11 nitrogen and oxygen atoms in total. The number of rotatable bonds is 4. The Morgan fingerprint density at radius 1 is 1.29 bits per heavy atom. The van der Waals surface area contributed by atoms with Crippen molar-refractivity contribution < 1.29 is 15.1 Å². The van der Waals surface area contributed by atoms with Gasteiger partial charge < -0.3 is 20.5 Å². The van der Waals surface area contributed by atoms with Crippen molar-refractivity contribution in [2.24, 2.45) is 5.34 Å². The van der Waals surface area contributed by atoms with E-state index in [2.05, 4.69) is 38.3 Å². The molecule has 1 aliphatic carbocycles. The molecule has 5 rings (SSSR count). The van der Waals surface area contributed by atoms with E-state index in [9.17, 15) is 9.90 Å². The van der Waals surface area contributed by atoms with Crippen molar-refractivity contribution in [3.05, 3.63) is 46.9 Å². The number of nitrogens with zero attached hydrogens (tertiary/aromatic N) is 6. The number of pyridine rings is 1. The molecule has 162 valence electrons. The molecule has 11 heteroatoms. The van der Waals surface area contributed by atoms with Crippen LogP contribution < -0.4 is 10.2 Å². The summed E-state index contributed by atoms with van der Waals surface area (Å²) in [7, 11) is 0. The number of hydrogen-bond donors (Lipinski definition) is 3. The lowest BCUT2D eigenvalue weighted by Crippen LogP contribution is -2.50. The zero-order valence-corrected chi connectivity index (χ0v) is 17.0. The summed E-state index contributed by atoms with van der Waals surface area (Å²) >= 11 is 0. The third-order valence-electron chi connectivity index (χ3n) is 5.62. The van der Waals surface area contributed by atoms with Gasteiger partial charge in [-0.2, -0.15) is 0 Å². The normalized spacial score (nSPS) is 18.4. The second-order valence-electron chi connectivity index (χ2n) is 7.66. The van der Waals surface area contributed by atoms with Crippen LogP contribution in [0, 0.1) is 4.91 Å². The van der Waals surface area contributed by atoms with Crippen LogP contribution >= 0.6 is 0 Å². The second kappa shape index (κ2) is 8.64. The molecule has 3 aromatic rings. The van der Waals surface area contributed by atoms with E-state index in [1.807, 2.05) is 4.57 Å². The molecule has 2 fully saturated rings. The molecule has 1 saturated heterocycles. The summed E-state index contributed by atoms with van der Waals surface area (Å²) < 4.78 is 1.91. The van der Waals surface area contributed by atoms with E-state index in [1.165, 1.54) is 23.2 Å². The summed E-state index contributed by atoms with van der Waals surface area (Å²) in [5.41, 5.74) is 2.23. The molecule has 0 spiro atoms.